The van der Waals surface area contributed by atoms with Gasteiger partial charge in [-0.15, -0.1) is 0 Å². The maximum absolute atomic E-state index is 14.6. The molecule has 0 saturated carbocycles. The Balaban J connectivity index is 1.60. The lowest BCUT2D eigenvalue weighted by Gasteiger charge is -2.32. The Morgan fingerprint density at radius 1 is 1.18 bits per heavy atom. The van der Waals surface area contributed by atoms with Gasteiger partial charge in [-0.3, -0.25) is 14.5 Å². The van der Waals surface area contributed by atoms with Crippen LogP contribution in [0.5, 0.6) is 0 Å². The van der Waals surface area contributed by atoms with E-state index in [2.05, 4.69) is 5.32 Å². The van der Waals surface area contributed by atoms with Crippen LogP contribution in [0.1, 0.15) is 36.2 Å². The number of fused-ring (bicyclic) bond motifs is 2. The highest BCUT2D eigenvalue weighted by molar-refractivity contribution is 6.10. The Morgan fingerprint density at radius 3 is 2.47 bits per heavy atom. The summed E-state index contributed by atoms with van der Waals surface area (Å²) in [5.74, 6) is -2.64. The highest BCUT2D eigenvalue weighted by Crippen LogP contribution is 2.48. The maximum atomic E-state index is 14.6. The van der Waals surface area contributed by atoms with Crippen LogP contribution in [0.25, 0.3) is 0 Å². The number of urea groups is 1. The minimum Gasteiger partial charge on any atom is -0.325 e. The standard InChI is InChI=1S/C23H20F5N3O3/c1-13(23(26,27)28)30(11-14-6-8-15(24)9-7-14)19(32)12-31-20(33)22(29-21(31)34)10-18(25)16-4-2-3-5-17(16)22/h2-9,13,18H,10-12H2,1H3,(H,29,34)/t13-,18+,22-/m0/s1. The molecule has 0 aromatic heterocycles. The van der Waals surface area contributed by atoms with E-state index in [1.807, 2.05) is 0 Å². The number of benzene rings is 2. The zero-order valence-corrected chi connectivity index (χ0v) is 17.9. The second-order valence-electron chi connectivity index (χ2n) is 8.35. The third-order valence-electron chi connectivity index (χ3n) is 6.24. The molecule has 11 heteroatoms. The van der Waals surface area contributed by atoms with Crippen molar-refractivity contribution in [3.8, 4) is 0 Å². The van der Waals surface area contributed by atoms with Crippen LogP contribution in [0.4, 0.5) is 26.7 Å². The molecule has 1 spiro atoms. The van der Waals surface area contributed by atoms with Gasteiger partial charge in [0, 0.05) is 13.0 Å². The number of carbonyl (C=O) groups excluding carboxylic acids is 3. The molecular weight excluding hydrogens is 461 g/mol. The minimum atomic E-state index is -4.79. The van der Waals surface area contributed by atoms with Crippen LogP contribution in [-0.2, 0) is 21.7 Å². The molecule has 1 fully saturated rings. The summed E-state index contributed by atoms with van der Waals surface area (Å²) in [4.78, 5) is 39.8. The summed E-state index contributed by atoms with van der Waals surface area (Å²) >= 11 is 0. The van der Waals surface area contributed by atoms with Gasteiger partial charge >= 0.3 is 12.2 Å². The molecule has 2 aliphatic rings. The minimum absolute atomic E-state index is 0.226. The fraction of sp³-hybridized carbons (Fsp3) is 0.348. The molecule has 1 aliphatic heterocycles. The van der Waals surface area contributed by atoms with Crippen LogP contribution in [0.2, 0.25) is 0 Å². The highest BCUT2D eigenvalue weighted by atomic mass is 19.4. The van der Waals surface area contributed by atoms with E-state index in [1.54, 1.807) is 12.1 Å². The summed E-state index contributed by atoms with van der Waals surface area (Å²) in [5, 5.41) is 2.44. The smallest absolute Gasteiger partial charge is 0.325 e. The number of imide groups is 1. The van der Waals surface area contributed by atoms with Crippen molar-refractivity contribution in [1.82, 2.24) is 15.1 Å². The molecule has 4 rings (SSSR count). The third kappa shape index (κ3) is 3.99. The van der Waals surface area contributed by atoms with E-state index in [0.717, 1.165) is 19.1 Å². The molecule has 34 heavy (non-hydrogen) atoms. The van der Waals surface area contributed by atoms with Crippen molar-refractivity contribution >= 4 is 17.8 Å². The molecule has 0 bridgehead atoms. The van der Waals surface area contributed by atoms with Gasteiger partial charge in [0.2, 0.25) is 5.91 Å². The van der Waals surface area contributed by atoms with Gasteiger partial charge in [-0.25, -0.2) is 13.6 Å². The number of halogens is 5. The lowest BCUT2D eigenvalue weighted by molar-refractivity contribution is -0.187. The number of rotatable bonds is 5. The van der Waals surface area contributed by atoms with Gasteiger partial charge in [0.1, 0.15) is 30.1 Å². The molecule has 2 aromatic rings. The molecule has 0 unspecified atom stereocenters. The van der Waals surface area contributed by atoms with Crippen molar-refractivity contribution in [3.05, 3.63) is 71.0 Å². The highest BCUT2D eigenvalue weighted by Gasteiger charge is 2.58. The second-order valence-corrected chi connectivity index (χ2v) is 8.35. The van der Waals surface area contributed by atoms with Crippen LogP contribution < -0.4 is 5.32 Å². The van der Waals surface area contributed by atoms with Gasteiger partial charge in [0.15, 0.2) is 0 Å². The third-order valence-corrected chi connectivity index (χ3v) is 6.24. The Labute approximate surface area is 191 Å². The van der Waals surface area contributed by atoms with Gasteiger partial charge in [0.05, 0.1) is 0 Å². The van der Waals surface area contributed by atoms with Gasteiger partial charge in [-0.05, 0) is 35.7 Å². The summed E-state index contributed by atoms with van der Waals surface area (Å²) in [7, 11) is 0. The van der Waals surface area contributed by atoms with E-state index < -0.39 is 60.7 Å². The molecule has 1 heterocycles. The molecule has 0 radical (unpaired) electrons. The van der Waals surface area contributed by atoms with E-state index >= 15 is 0 Å². The van der Waals surface area contributed by atoms with Crippen molar-refractivity contribution < 1.29 is 36.3 Å². The molecule has 1 N–H and O–H groups in total. The first-order valence-electron chi connectivity index (χ1n) is 10.4. The fourth-order valence-corrected chi connectivity index (χ4v) is 4.37. The first-order valence-corrected chi connectivity index (χ1v) is 10.4. The summed E-state index contributed by atoms with van der Waals surface area (Å²) in [6.45, 7) is -0.715. The number of amides is 4. The number of nitrogens with zero attached hydrogens (tertiary/aromatic N) is 2. The van der Waals surface area contributed by atoms with Gasteiger partial charge < -0.3 is 10.2 Å². The van der Waals surface area contributed by atoms with E-state index in [-0.39, 0.29) is 23.1 Å². The second kappa shape index (κ2) is 8.37. The van der Waals surface area contributed by atoms with Crippen molar-refractivity contribution in [2.45, 2.75) is 43.8 Å². The summed E-state index contributed by atoms with van der Waals surface area (Å²) in [6, 6.07) is 7.44. The van der Waals surface area contributed by atoms with Crippen LogP contribution in [-0.4, -0.2) is 46.4 Å². The number of hydrogen-bond donors (Lipinski definition) is 1. The van der Waals surface area contributed by atoms with E-state index in [1.165, 1.54) is 24.3 Å². The molecule has 2 aromatic carbocycles. The Kier molecular flexibility index (Phi) is 5.82. The summed E-state index contributed by atoms with van der Waals surface area (Å²) in [5.41, 5.74) is -1.01. The Hall–Kier alpha value is -3.50. The fourth-order valence-electron chi connectivity index (χ4n) is 4.37. The first-order chi connectivity index (χ1) is 15.9. The number of nitrogens with one attached hydrogen (secondary N) is 1. The van der Waals surface area contributed by atoms with E-state index in [9.17, 15) is 36.3 Å². The normalized spacial score (nSPS) is 22.6. The average Bonchev–Trinajstić information content (AvgIpc) is 3.20. The molecule has 1 aliphatic carbocycles. The topological polar surface area (TPSA) is 69.7 Å². The van der Waals surface area contributed by atoms with E-state index in [0.29, 0.717) is 9.80 Å². The van der Waals surface area contributed by atoms with Crippen LogP contribution in [0.15, 0.2) is 48.5 Å². The monoisotopic (exact) mass is 481 g/mol. The van der Waals surface area contributed by atoms with Gasteiger partial charge in [-0.1, -0.05) is 36.4 Å². The lowest BCUT2D eigenvalue weighted by Crippen LogP contribution is -2.51. The maximum Gasteiger partial charge on any atom is 0.408 e. The number of carbonyl (C=O) groups is 3. The van der Waals surface area contributed by atoms with Crippen molar-refractivity contribution in [2.75, 3.05) is 6.54 Å². The first kappa shape index (κ1) is 23.7. The van der Waals surface area contributed by atoms with Gasteiger partial charge in [-0.2, -0.15) is 13.2 Å². The molecule has 180 valence electrons. The van der Waals surface area contributed by atoms with Gasteiger partial charge in [0.25, 0.3) is 5.91 Å². The van der Waals surface area contributed by atoms with Crippen molar-refractivity contribution in [3.63, 3.8) is 0 Å². The van der Waals surface area contributed by atoms with Crippen molar-refractivity contribution in [1.29, 1.82) is 0 Å². The van der Waals surface area contributed by atoms with E-state index in [4.69, 9.17) is 0 Å². The van der Waals surface area contributed by atoms with Crippen molar-refractivity contribution in [2.24, 2.45) is 0 Å². The summed E-state index contributed by atoms with van der Waals surface area (Å²) in [6.07, 6.45) is -6.70. The molecule has 1 saturated heterocycles. The summed E-state index contributed by atoms with van der Waals surface area (Å²) < 4.78 is 68.2. The molecule has 4 amide bonds. The quantitative estimate of drug-likeness (QED) is 0.519. The lowest BCUT2D eigenvalue weighted by atomic mass is 9.92. The van der Waals surface area contributed by atoms with Crippen LogP contribution in [0, 0.1) is 5.82 Å². The Bertz CT molecular complexity index is 1140. The average molecular weight is 481 g/mol. The van der Waals surface area contributed by atoms with Crippen LogP contribution >= 0.6 is 0 Å². The SMILES string of the molecule is C[C@H](N(Cc1ccc(F)cc1)C(=O)CN1C(=O)N[C@]2(C[C@@H](F)c3ccccc32)C1=O)C(F)(F)F. The number of alkyl halides is 4. The van der Waals surface area contributed by atoms with Crippen LogP contribution in [0.3, 0.4) is 0 Å². The molecule has 6 nitrogen and oxygen atoms in total. The zero-order valence-electron chi connectivity index (χ0n) is 17.9. The molecule has 3 atom stereocenters. The number of hydrogen-bond acceptors (Lipinski definition) is 3. The largest absolute Gasteiger partial charge is 0.408 e. The predicted molar refractivity (Wildman–Crippen MR) is 109 cm³/mol. The predicted octanol–water partition coefficient (Wildman–Crippen LogP) is 3.97. The zero-order chi connectivity index (χ0) is 24.8. The Morgan fingerprint density at radius 2 is 1.82 bits per heavy atom. The molecular formula is C23H20F5N3O3.